The first-order chi connectivity index (χ1) is 7.97. The first-order valence-corrected chi connectivity index (χ1v) is 6.13. The van der Waals surface area contributed by atoms with E-state index in [0.717, 1.165) is 0 Å². The summed E-state index contributed by atoms with van der Waals surface area (Å²) in [6.45, 7) is 6.49. The van der Waals surface area contributed by atoms with Crippen LogP contribution in [0.3, 0.4) is 0 Å². The molecule has 0 aliphatic rings. The second kappa shape index (κ2) is 5.84. The van der Waals surface area contributed by atoms with Crippen molar-refractivity contribution in [2.75, 3.05) is 14.1 Å². The predicted octanol–water partition coefficient (Wildman–Crippen LogP) is 3.37. The first kappa shape index (κ1) is 13.7. The van der Waals surface area contributed by atoms with E-state index in [1.165, 1.54) is 11.1 Å². The molecule has 0 saturated heterocycles. The molecule has 2 heteroatoms. The van der Waals surface area contributed by atoms with Crippen molar-refractivity contribution in [2.45, 2.75) is 38.6 Å². The summed E-state index contributed by atoms with van der Waals surface area (Å²) < 4.78 is 0. The highest BCUT2D eigenvalue weighted by Gasteiger charge is 2.20. The lowest BCUT2D eigenvalue weighted by Crippen LogP contribution is -2.31. The Bertz CT molecular complexity index is 384. The Hall–Kier alpha value is -1.33. The van der Waals surface area contributed by atoms with Crippen LogP contribution in [0.4, 0.5) is 0 Å². The van der Waals surface area contributed by atoms with Crippen molar-refractivity contribution in [3.05, 3.63) is 35.4 Å². The van der Waals surface area contributed by atoms with E-state index < -0.39 is 0 Å². The minimum atomic E-state index is -0.0695. The van der Waals surface area contributed by atoms with E-state index in [4.69, 9.17) is 0 Å². The Morgan fingerprint density at radius 1 is 1.00 bits per heavy atom. The third kappa shape index (κ3) is 3.31. The Balaban J connectivity index is 2.90. The fraction of sp³-hybridized carbons (Fsp3) is 0.533. The van der Waals surface area contributed by atoms with Crippen LogP contribution >= 0.6 is 0 Å². The fourth-order valence-electron chi connectivity index (χ4n) is 2.04. The summed E-state index contributed by atoms with van der Waals surface area (Å²) in [7, 11) is 3.90. The minimum Gasteiger partial charge on any atom is -0.294 e. The number of rotatable bonds is 4. The maximum atomic E-state index is 9.18. The van der Waals surface area contributed by atoms with Gasteiger partial charge in [-0.15, -0.1) is 0 Å². The summed E-state index contributed by atoms with van der Waals surface area (Å²) in [6.07, 6.45) is 0. The van der Waals surface area contributed by atoms with Gasteiger partial charge in [-0.3, -0.25) is 4.90 Å². The van der Waals surface area contributed by atoms with Crippen LogP contribution in [0.5, 0.6) is 0 Å². The molecule has 2 atom stereocenters. The van der Waals surface area contributed by atoms with Gasteiger partial charge in [0.1, 0.15) is 6.04 Å². The SMILES string of the molecule is CC(C)c1ccc(C(C)C(C#N)N(C)C)cc1. The lowest BCUT2D eigenvalue weighted by molar-refractivity contribution is 0.316. The molecule has 0 radical (unpaired) electrons. The zero-order valence-electron chi connectivity index (χ0n) is 11.4. The summed E-state index contributed by atoms with van der Waals surface area (Å²) in [6, 6.07) is 10.9. The topological polar surface area (TPSA) is 27.0 Å². The average Bonchev–Trinajstić information content (AvgIpc) is 2.29. The third-order valence-corrected chi connectivity index (χ3v) is 3.29. The molecule has 0 bridgehead atoms. The van der Waals surface area contributed by atoms with Crippen molar-refractivity contribution in [1.82, 2.24) is 4.90 Å². The summed E-state index contributed by atoms with van der Waals surface area (Å²) in [5.41, 5.74) is 2.58. The van der Waals surface area contributed by atoms with Crippen LogP contribution in [0.25, 0.3) is 0 Å². The van der Waals surface area contributed by atoms with Gasteiger partial charge in [0.25, 0.3) is 0 Å². The molecule has 0 heterocycles. The molecule has 2 nitrogen and oxygen atoms in total. The lowest BCUT2D eigenvalue weighted by atomic mass is 9.91. The molecule has 17 heavy (non-hydrogen) atoms. The van der Waals surface area contributed by atoms with Gasteiger partial charge in [0, 0.05) is 5.92 Å². The van der Waals surface area contributed by atoms with Crippen LogP contribution in [-0.4, -0.2) is 25.0 Å². The molecular formula is C15H22N2. The smallest absolute Gasteiger partial charge is 0.104 e. The summed E-state index contributed by atoms with van der Waals surface area (Å²) in [5, 5.41) is 9.18. The monoisotopic (exact) mass is 230 g/mol. The van der Waals surface area contributed by atoms with Gasteiger partial charge in [0.15, 0.2) is 0 Å². The van der Waals surface area contributed by atoms with Gasteiger partial charge < -0.3 is 0 Å². The number of likely N-dealkylation sites (N-methyl/N-ethyl adjacent to an activating group) is 1. The van der Waals surface area contributed by atoms with E-state index in [2.05, 4.69) is 51.1 Å². The van der Waals surface area contributed by atoms with Crippen LogP contribution < -0.4 is 0 Å². The van der Waals surface area contributed by atoms with Crippen LogP contribution in [0.1, 0.15) is 43.7 Å². The van der Waals surface area contributed by atoms with E-state index >= 15 is 0 Å². The minimum absolute atomic E-state index is 0.0695. The second-order valence-electron chi connectivity index (χ2n) is 5.15. The number of nitrogens with zero attached hydrogens (tertiary/aromatic N) is 2. The molecule has 0 saturated carbocycles. The molecule has 2 unspecified atom stereocenters. The van der Waals surface area contributed by atoms with E-state index in [1.54, 1.807) is 0 Å². The van der Waals surface area contributed by atoms with E-state index in [9.17, 15) is 5.26 Å². The molecule has 1 aromatic carbocycles. The lowest BCUT2D eigenvalue weighted by Gasteiger charge is -2.24. The molecular weight excluding hydrogens is 208 g/mol. The standard InChI is InChI=1S/C15H22N2/c1-11(2)13-6-8-14(9-7-13)12(3)15(10-16)17(4)5/h6-9,11-12,15H,1-5H3. The molecule has 0 aromatic heterocycles. The van der Waals surface area contributed by atoms with Crippen LogP contribution in [0.2, 0.25) is 0 Å². The van der Waals surface area contributed by atoms with Crippen molar-refractivity contribution in [3.63, 3.8) is 0 Å². The van der Waals surface area contributed by atoms with Crippen molar-refractivity contribution in [1.29, 1.82) is 5.26 Å². The van der Waals surface area contributed by atoms with Crippen molar-refractivity contribution < 1.29 is 0 Å². The van der Waals surface area contributed by atoms with Gasteiger partial charge >= 0.3 is 0 Å². The molecule has 0 N–H and O–H groups in total. The molecule has 1 aromatic rings. The average molecular weight is 230 g/mol. The Labute approximate surface area is 105 Å². The maximum absolute atomic E-state index is 9.18. The molecule has 0 aliphatic heterocycles. The Morgan fingerprint density at radius 2 is 1.47 bits per heavy atom. The van der Waals surface area contributed by atoms with Gasteiger partial charge in [-0.25, -0.2) is 0 Å². The second-order valence-corrected chi connectivity index (χ2v) is 5.15. The highest BCUT2D eigenvalue weighted by atomic mass is 15.1. The van der Waals surface area contributed by atoms with Crippen molar-refractivity contribution >= 4 is 0 Å². The highest BCUT2D eigenvalue weighted by molar-refractivity contribution is 5.29. The number of hydrogen-bond acceptors (Lipinski definition) is 2. The third-order valence-electron chi connectivity index (χ3n) is 3.29. The van der Waals surface area contributed by atoms with E-state index in [1.807, 2.05) is 19.0 Å². The predicted molar refractivity (Wildman–Crippen MR) is 72.0 cm³/mol. The largest absolute Gasteiger partial charge is 0.294 e. The normalized spacial score (nSPS) is 14.7. The highest BCUT2D eigenvalue weighted by Crippen LogP contribution is 2.23. The first-order valence-electron chi connectivity index (χ1n) is 6.13. The summed E-state index contributed by atoms with van der Waals surface area (Å²) in [5.74, 6) is 0.788. The quantitative estimate of drug-likeness (QED) is 0.793. The zero-order chi connectivity index (χ0) is 13.0. The molecule has 92 valence electrons. The maximum Gasteiger partial charge on any atom is 0.104 e. The Morgan fingerprint density at radius 3 is 1.82 bits per heavy atom. The number of nitriles is 1. The van der Waals surface area contributed by atoms with Gasteiger partial charge in [-0.1, -0.05) is 45.0 Å². The van der Waals surface area contributed by atoms with Gasteiger partial charge in [0.05, 0.1) is 6.07 Å². The van der Waals surface area contributed by atoms with Crippen LogP contribution in [-0.2, 0) is 0 Å². The Kier molecular flexibility index (Phi) is 4.72. The van der Waals surface area contributed by atoms with Gasteiger partial charge in [0.2, 0.25) is 0 Å². The van der Waals surface area contributed by atoms with Crippen LogP contribution in [0, 0.1) is 11.3 Å². The van der Waals surface area contributed by atoms with E-state index in [0.29, 0.717) is 5.92 Å². The molecule has 1 rings (SSSR count). The molecule has 0 fully saturated rings. The fourth-order valence-corrected chi connectivity index (χ4v) is 2.04. The molecule has 0 aliphatic carbocycles. The van der Waals surface area contributed by atoms with Gasteiger partial charge in [-0.05, 0) is 31.1 Å². The number of hydrogen-bond donors (Lipinski definition) is 0. The summed E-state index contributed by atoms with van der Waals surface area (Å²) in [4.78, 5) is 1.97. The van der Waals surface area contributed by atoms with Crippen molar-refractivity contribution in [3.8, 4) is 6.07 Å². The summed E-state index contributed by atoms with van der Waals surface area (Å²) >= 11 is 0. The zero-order valence-corrected chi connectivity index (χ0v) is 11.4. The molecule has 0 spiro atoms. The van der Waals surface area contributed by atoms with Crippen molar-refractivity contribution in [2.24, 2.45) is 0 Å². The number of benzene rings is 1. The molecule has 0 amide bonds. The van der Waals surface area contributed by atoms with E-state index in [-0.39, 0.29) is 12.0 Å². The van der Waals surface area contributed by atoms with Gasteiger partial charge in [-0.2, -0.15) is 5.26 Å². The van der Waals surface area contributed by atoms with Crippen LogP contribution in [0.15, 0.2) is 24.3 Å².